The topological polar surface area (TPSA) is 49.4 Å². The molecule has 1 fully saturated rings. The number of likely N-dealkylation sites (N-methyl/N-ethyl adjacent to an activating group) is 1. The average Bonchev–Trinajstić information content (AvgIpc) is 2.48. The molecule has 134 valence electrons. The largest absolute Gasteiger partial charge is 0.350 e. The third kappa shape index (κ3) is 7.36. The van der Waals surface area contributed by atoms with E-state index in [1.54, 1.807) is 4.90 Å². The maximum absolute atomic E-state index is 12.7. The normalized spacial score (nSPS) is 21.8. The van der Waals surface area contributed by atoms with Gasteiger partial charge in [-0.15, -0.1) is 0 Å². The number of rotatable bonds is 7. The fraction of sp³-hybridized carbons (Fsp3) is 0.895. The number of carbonyl (C=O) groups excluding carboxylic acids is 2. The van der Waals surface area contributed by atoms with Crippen LogP contribution in [0.25, 0.3) is 0 Å². The lowest BCUT2D eigenvalue weighted by Gasteiger charge is -2.32. The highest BCUT2D eigenvalue weighted by molar-refractivity contribution is 5.86. The molecule has 23 heavy (non-hydrogen) atoms. The molecule has 0 unspecified atom stereocenters. The standard InChI is InChI=1S/C19H36N2O2/c1-6-8-9-15-10-12-16(13-11-15)18(23)21(7-2)14-17(22)20-19(3,4)5/h15-16H,6-14H2,1-5H3,(H,20,22). The van der Waals surface area contributed by atoms with E-state index < -0.39 is 0 Å². The van der Waals surface area contributed by atoms with Gasteiger partial charge in [-0.3, -0.25) is 9.59 Å². The van der Waals surface area contributed by atoms with Crippen molar-refractivity contribution in [1.29, 1.82) is 0 Å². The van der Waals surface area contributed by atoms with E-state index in [2.05, 4.69) is 12.2 Å². The summed E-state index contributed by atoms with van der Waals surface area (Å²) < 4.78 is 0. The van der Waals surface area contributed by atoms with Crippen molar-refractivity contribution in [1.82, 2.24) is 10.2 Å². The summed E-state index contributed by atoms with van der Waals surface area (Å²) >= 11 is 0. The number of carbonyl (C=O) groups is 2. The summed E-state index contributed by atoms with van der Waals surface area (Å²) in [5.74, 6) is 1.03. The molecule has 1 rings (SSSR count). The summed E-state index contributed by atoms with van der Waals surface area (Å²) in [7, 11) is 0. The van der Waals surface area contributed by atoms with Crippen LogP contribution in [-0.2, 0) is 9.59 Å². The molecule has 0 bridgehead atoms. The summed E-state index contributed by atoms with van der Waals surface area (Å²) in [4.78, 5) is 26.5. The molecule has 0 aromatic carbocycles. The van der Waals surface area contributed by atoms with Gasteiger partial charge in [-0.25, -0.2) is 0 Å². The van der Waals surface area contributed by atoms with Crippen molar-refractivity contribution in [3.63, 3.8) is 0 Å². The number of amides is 2. The summed E-state index contributed by atoms with van der Waals surface area (Å²) in [6.45, 7) is 10.8. The van der Waals surface area contributed by atoms with E-state index in [0.29, 0.717) is 6.54 Å². The van der Waals surface area contributed by atoms with Crippen LogP contribution in [0.15, 0.2) is 0 Å². The molecular formula is C19H36N2O2. The SMILES string of the molecule is CCCCC1CCC(C(=O)N(CC)CC(=O)NC(C)(C)C)CC1. The van der Waals surface area contributed by atoms with Crippen LogP contribution < -0.4 is 5.32 Å². The van der Waals surface area contributed by atoms with E-state index in [9.17, 15) is 9.59 Å². The molecule has 0 atom stereocenters. The van der Waals surface area contributed by atoms with Crippen molar-refractivity contribution in [3.05, 3.63) is 0 Å². The van der Waals surface area contributed by atoms with E-state index in [0.717, 1.165) is 18.8 Å². The van der Waals surface area contributed by atoms with Gasteiger partial charge >= 0.3 is 0 Å². The quantitative estimate of drug-likeness (QED) is 0.775. The van der Waals surface area contributed by atoms with Crippen LogP contribution >= 0.6 is 0 Å². The minimum Gasteiger partial charge on any atom is -0.350 e. The van der Waals surface area contributed by atoms with Crippen LogP contribution in [-0.4, -0.2) is 35.3 Å². The summed E-state index contributed by atoms with van der Waals surface area (Å²) in [6.07, 6.45) is 8.19. The second kappa shape index (κ2) is 9.29. The Hall–Kier alpha value is -1.06. The maximum atomic E-state index is 12.7. The predicted octanol–water partition coefficient (Wildman–Crippen LogP) is 3.75. The number of hydrogen-bond acceptors (Lipinski definition) is 2. The van der Waals surface area contributed by atoms with Crippen molar-refractivity contribution in [2.24, 2.45) is 11.8 Å². The predicted molar refractivity (Wildman–Crippen MR) is 95.1 cm³/mol. The van der Waals surface area contributed by atoms with Gasteiger partial charge in [-0.05, 0) is 59.3 Å². The van der Waals surface area contributed by atoms with Gasteiger partial charge in [0, 0.05) is 18.0 Å². The molecule has 4 nitrogen and oxygen atoms in total. The Morgan fingerprint density at radius 1 is 1.09 bits per heavy atom. The lowest BCUT2D eigenvalue weighted by molar-refractivity contribution is -0.140. The Bertz CT molecular complexity index is 379. The molecule has 2 amide bonds. The second-order valence-corrected chi connectivity index (χ2v) is 8.01. The fourth-order valence-electron chi connectivity index (χ4n) is 3.43. The number of nitrogens with zero attached hydrogens (tertiary/aromatic N) is 1. The molecule has 0 aliphatic heterocycles. The molecular weight excluding hydrogens is 288 g/mol. The van der Waals surface area contributed by atoms with Gasteiger partial charge in [0.1, 0.15) is 0 Å². The van der Waals surface area contributed by atoms with Crippen molar-refractivity contribution >= 4 is 11.8 Å². The smallest absolute Gasteiger partial charge is 0.240 e. The van der Waals surface area contributed by atoms with Gasteiger partial charge in [0.15, 0.2) is 0 Å². The maximum Gasteiger partial charge on any atom is 0.240 e. The van der Waals surface area contributed by atoms with Crippen molar-refractivity contribution in [2.45, 2.75) is 85.1 Å². The highest BCUT2D eigenvalue weighted by atomic mass is 16.2. The number of nitrogens with one attached hydrogen (secondary N) is 1. The van der Waals surface area contributed by atoms with Crippen LogP contribution in [0.4, 0.5) is 0 Å². The first kappa shape index (κ1) is 20.0. The molecule has 0 spiro atoms. The molecule has 1 N–H and O–H groups in total. The van der Waals surface area contributed by atoms with Crippen molar-refractivity contribution < 1.29 is 9.59 Å². The molecule has 0 heterocycles. The first-order valence-corrected chi connectivity index (χ1v) is 9.36. The van der Waals surface area contributed by atoms with Crippen LogP contribution in [0.1, 0.15) is 79.6 Å². The van der Waals surface area contributed by atoms with Gasteiger partial charge in [0.25, 0.3) is 0 Å². The Kier molecular flexibility index (Phi) is 8.07. The summed E-state index contributed by atoms with van der Waals surface area (Å²) in [6, 6.07) is 0. The molecule has 0 aromatic rings. The summed E-state index contributed by atoms with van der Waals surface area (Å²) in [5, 5.41) is 2.94. The zero-order chi connectivity index (χ0) is 17.5. The summed E-state index contributed by atoms with van der Waals surface area (Å²) in [5.41, 5.74) is -0.253. The van der Waals surface area contributed by atoms with Gasteiger partial charge in [-0.1, -0.05) is 26.2 Å². The zero-order valence-corrected chi connectivity index (χ0v) is 15.8. The molecule has 0 saturated heterocycles. The van der Waals surface area contributed by atoms with Crippen LogP contribution in [0, 0.1) is 11.8 Å². The third-order valence-corrected chi connectivity index (χ3v) is 4.70. The van der Waals surface area contributed by atoms with Gasteiger partial charge in [-0.2, -0.15) is 0 Å². The lowest BCUT2D eigenvalue weighted by atomic mass is 9.79. The second-order valence-electron chi connectivity index (χ2n) is 8.01. The van der Waals surface area contributed by atoms with E-state index >= 15 is 0 Å². The van der Waals surface area contributed by atoms with Gasteiger partial charge in [0.05, 0.1) is 6.54 Å². The minimum atomic E-state index is -0.253. The van der Waals surface area contributed by atoms with E-state index in [4.69, 9.17) is 0 Å². The Labute approximate surface area is 142 Å². The van der Waals surface area contributed by atoms with E-state index in [1.165, 1.54) is 32.1 Å². The highest BCUT2D eigenvalue weighted by Crippen LogP contribution is 2.32. The first-order chi connectivity index (χ1) is 10.8. The monoisotopic (exact) mass is 324 g/mol. The van der Waals surface area contributed by atoms with E-state index in [-0.39, 0.29) is 29.8 Å². The van der Waals surface area contributed by atoms with E-state index in [1.807, 2.05) is 27.7 Å². The van der Waals surface area contributed by atoms with Gasteiger partial charge < -0.3 is 10.2 Å². The third-order valence-electron chi connectivity index (χ3n) is 4.70. The Balaban J connectivity index is 2.46. The van der Waals surface area contributed by atoms with Crippen LogP contribution in [0.3, 0.4) is 0 Å². The number of hydrogen-bond donors (Lipinski definition) is 1. The van der Waals surface area contributed by atoms with Crippen LogP contribution in [0.5, 0.6) is 0 Å². The Morgan fingerprint density at radius 2 is 1.70 bits per heavy atom. The molecule has 0 aromatic heterocycles. The van der Waals surface area contributed by atoms with Crippen LogP contribution in [0.2, 0.25) is 0 Å². The van der Waals surface area contributed by atoms with Crippen molar-refractivity contribution in [2.75, 3.05) is 13.1 Å². The average molecular weight is 325 g/mol. The van der Waals surface area contributed by atoms with Crippen molar-refractivity contribution in [3.8, 4) is 0 Å². The fourth-order valence-corrected chi connectivity index (χ4v) is 3.43. The molecule has 1 saturated carbocycles. The molecule has 0 radical (unpaired) electrons. The highest BCUT2D eigenvalue weighted by Gasteiger charge is 2.29. The molecule has 4 heteroatoms. The number of unbranched alkanes of at least 4 members (excludes halogenated alkanes) is 1. The first-order valence-electron chi connectivity index (χ1n) is 9.36. The lowest BCUT2D eigenvalue weighted by Crippen LogP contribution is -2.48. The minimum absolute atomic E-state index is 0.0654. The molecule has 1 aliphatic carbocycles. The Morgan fingerprint density at radius 3 is 2.17 bits per heavy atom. The van der Waals surface area contributed by atoms with Gasteiger partial charge in [0.2, 0.25) is 11.8 Å². The molecule has 1 aliphatic rings. The zero-order valence-electron chi connectivity index (χ0n) is 15.8.